The molecule has 0 saturated heterocycles. The molecule has 1 aromatic rings. The van der Waals surface area contributed by atoms with E-state index in [1.807, 2.05) is 0 Å². The number of carbonyl (C=O) groups excluding carboxylic acids is 1. The van der Waals surface area contributed by atoms with Gasteiger partial charge >= 0.3 is 6.18 Å². The van der Waals surface area contributed by atoms with E-state index in [2.05, 4.69) is 15.9 Å². The molecule has 94 valence electrons. The standard InChI is InChI=1S/C10H6BrCl2F3O/c11-6(4-10(14,15)16)9(17)5-1-2-7(12)8(13)3-5/h1-3,6H,4H2. The Balaban J connectivity index is 2.85. The fourth-order valence-corrected chi connectivity index (χ4v) is 2.06. The minimum absolute atomic E-state index is 0.0884. The number of hydrogen-bond acceptors (Lipinski definition) is 1. The molecule has 0 N–H and O–H groups in total. The number of carbonyl (C=O) groups is 1. The number of alkyl halides is 4. The van der Waals surface area contributed by atoms with Crippen molar-refractivity contribution in [1.82, 2.24) is 0 Å². The summed E-state index contributed by atoms with van der Waals surface area (Å²) in [4.78, 5) is 10.3. The summed E-state index contributed by atoms with van der Waals surface area (Å²) < 4.78 is 36.3. The molecule has 0 spiro atoms. The lowest BCUT2D eigenvalue weighted by Crippen LogP contribution is -2.22. The van der Waals surface area contributed by atoms with Crippen molar-refractivity contribution < 1.29 is 18.0 Å². The monoisotopic (exact) mass is 348 g/mol. The van der Waals surface area contributed by atoms with Gasteiger partial charge in [0.2, 0.25) is 0 Å². The fraction of sp³-hybridized carbons (Fsp3) is 0.300. The Bertz CT molecular complexity index is 434. The van der Waals surface area contributed by atoms with Gasteiger partial charge in [0.15, 0.2) is 5.78 Å². The average molecular weight is 350 g/mol. The lowest BCUT2D eigenvalue weighted by molar-refractivity contribution is -0.132. The topological polar surface area (TPSA) is 17.1 Å². The summed E-state index contributed by atoms with van der Waals surface area (Å²) in [6.45, 7) is 0. The molecule has 0 aliphatic carbocycles. The van der Waals surface area contributed by atoms with Crippen LogP contribution in [-0.2, 0) is 0 Å². The van der Waals surface area contributed by atoms with Crippen LogP contribution in [0.1, 0.15) is 16.8 Å². The third kappa shape index (κ3) is 4.48. The highest BCUT2D eigenvalue weighted by Crippen LogP contribution is 2.29. The number of benzene rings is 1. The van der Waals surface area contributed by atoms with Crippen molar-refractivity contribution in [2.75, 3.05) is 0 Å². The van der Waals surface area contributed by atoms with Crippen molar-refractivity contribution >= 4 is 44.9 Å². The van der Waals surface area contributed by atoms with Gasteiger partial charge in [0.25, 0.3) is 0 Å². The van der Waals surface area contributed by atoms with E-state index in [4.69, 9.17) is 23.2 Å². The molecule has 0 bridgehead atoms. The predicted molar refractivity (Wildman–Crippen MR) is 64.2 cm³/mol. The number of Topliss-reactive ketones (excluding diaryl/α,β-unsaturated/α-hetero) is 1. The molecule has 7 heteroatoms. The molecule has 1 unspecified atom stereocenters. The molecule has 1 rings (SSSR count). The molecule has 0 amide bonds. The molecule has 0 saturated carbocycles. The van der Waals surface area contributed by atoms with Crippen molar-refractivity contribution in [1.29, 1.82) is 0 Å². The number of rotatable bonds is 3. The van der Waals surface area contributed by atoms with E-state index in [0.717, 1.165) is 0 Å². The normalized spacial score (nSPS) is 13.5. The molecule has 17 heavy (non-hydrogen) atoms. The number of halogens is 6. The summed E-state index contributed by atoms with van der Waals surface area (Å²) in [6.07, 6.45) is -5.63. The van der Waals surface area contributed by atoms with Gasteiger partial charge in [-0.2, -0.15) is 13.2 Å². The van der Waals surface area contributed by atoms with Gasteiger partial charge in [-0.05, 0) is 18.2 Å². The van der Waals surface area contributed by atoms with Gasteiger partial charge in [0, 0.05) is 5.56 Å². The second-order valence-corrected chi connectivity index (χ2v) is 5.20. The molecule has 0 radical (unpaired) electrons. The van der Waals surface area contributed by atoms with E-state index in [1.165, 1.54) is 18.2 Å². The van der Waals surface area contributed by atoms with E-state index in [1.54, 1.807) is 0 Å². The van der Waals surface area contributed by atoms with Gasteiger partial charge in [-0.15, -0.1) is 0 Å². The molecule has 0 aromatic heterocycles. The van der Waals surface area contributed by atoms with E-state index in [-0.39, 0.29) is 15.6 Å². The summed E-state index contributed by atoms with van der Waals surface area (Å²) in [5.74, 6) is -0.680. The largest absolute Gasteiger partial charge is 0.390 e. The molecular weight excluding hydrogens is 344 g/mol. The third-order valence-corrected chi connectivity index (χ3v) is 3.38. The van der Waals surface area contributed by atoms with Crippen LogP contribution in [0.2, 0.25) is 10.0 Å². The quantitative estimate of drug-likeness (QED) is 0.560. The summed E-state index contributed by atoms with van der Waals surface area (Å²) >= 11 is 14.0. The summed E-state index contributed by atoms with van der Waals surface area (Å²) in [5.41, 5.74) is 0.0884. The first-order valence-corrected chi connectivity index (χ1v) is 6.08. The zero-order valence-corrected chi connectivity index (χ0v) is 11.3. The van der Waals surface area contributed by atoms with Crippen LogP contribution in [0.5, 0.6) is 0 Å². The Morgan fingerprint density at radius 3 is 2.35 bits per heavy atom. The van der Waals surface area contributed by atoms with Gasteiger partial charge in [-0.3, -0.25) is 4.79 Å². The Hall–Kier alpha value is -0.260. The minimum atomic E-state index is -4.40. The average Bonchev–Trinajstić information content (AvgIpc) is 2.18. The van der Waals surface area contributed by atoms with E-state index in [9.17, 15) is 18.0 Å². The predicted octanol–water partition coefficient (Wildman–Crippen LogP) is 4.89. The molecule has 0 aliphatic rings. The zero-order valence-electron chi connectivity index (χ0n) is 8.19. The second-order valence-electron chi connectivity index (χ2n) is 3.28. The van der Waals surface area contributed by atoms with Crippen molar-refractivity contribution in [3.8, 4) is 0 Å². The summed E-state index contributed by atoms with van der Waals surface area (Å²) in [7, 11) is 0. The highest BCUT2D eigenvalue weighted by Gasteiger charge is 2.34. The smallest absolute Gasteiger partial charge is 0.293 e. The van der Waals surface area contributed by atoms with Crippen LogP contribution in [0.4, 0.5) is 13.2 Å². The van der Waals surface area contributed by atoms with Crippen molar-refractivity contribution in [3.63, 3.8) is 0 Å². The van der Waals surface area contributed by atoms with Crippen molar-refractivity contribution in [3.05, 3.63) is 33.8 Å². The van der Waals surface area contributed by atoms with Crippen LogP contribution in [-0.4, -0.2) is 16.8 Å². The zero-order chi connectivity index (χ0) is 13.2. The summed E-state index contributed by atoms with van der Waals surface area (Å²) in [6, 6.07) is 3.95. The lowest BCUT2D eigenvalue weighted by Gasteiger charge is -2.11. The Labute approximate surface area is 114 Å². The third-order valence-electron chi connectivity index (χ3n) is 1.90. The fourth-order valence-electron chi connectivity index (χ4n) is 1.13. The maximum absolute atomic E-state index is 12.1. The molecule has 1 nitrogen and oxygen atoms in total. The van der Waals surface area contributed by atoms with Gasteiger partial charge in [-0.1, -0.05) is 39.1 Å². The molecule has 1 atom stereocenters. The second kappa shape index (κ2) is 5.59. The van der Waals surface area contributed by atoms with Crippen LogP contribution < -0.4 is 0 Å². The van der Waals surface area contributed by atoms with Crippen LogP contribution in [0, 0.1) is 0 Å². The van der Waals surface area contributed by atoms with Gasteiger partial charge < -0.3 is 0 Å². The Kier molecular flexibility index (Phi) is 4.86. The molecule has 1 aromatic carbocycles. The minimum Gasteiger partial charge on any atom is -0.293 e. The Morgan fingerprint density at radius 2 is 1.88 bits per heavy atom. The van der Waals surface area contributed by atoms with Crippen LogP contribution in [0.3, 0.4) is 0 Å². The van der Waals surface area contributed by atoms with Crippen molar-refractivity contribution in [2.45, 2.75) is 17.4 Å². The summed E-state index contributed by atoms with van der Waals surface area (Å²) in [5, 5.41) is 0.370. The number of ketones is 1. The molecule has 0 aliphatic heterocycles. The van der Waals surface area contributed by atoms with Gasteiger partial charge in [0.05, 0.1) is 21.3 Å². The van der Waals surface area contributed by atoms with Crippen molar-refractivity contribution in [2.24, 2.45) is 0 Å². The first-order valence-electron chi connectivity index (χ1n) is 4.41. The number of hydrogen-bond donors (Lipinski definition) is 0. The van der Waals surface area contributed by atoms with Gasteiger partial charge in [0.1, 0.15) is 0 Å². The van der Waals surface area contributed by atoms with Gasteiger partial charge in [-0.25, -0.2) is 0 Å². The van der Waals surface area contributed by atoms with E-state index in [0.29, 0.717) is 0 Å². The first kappa shape index (κ1) is 14.8. The molecular formula is C10H6BrCl2F3O. The molecule has 0 fully saturated rings. The molecule has 0 heterocycles. The highest BCUT2D eigenvalue weighted by atomic mass is 79.9. The maximum atomic E-state index is 12.1. The first-order chi connectivity index (χ1) is 7.70. The SMILES string of the molecule is O=C(c1ccc(Cl)c(Cl)c1)C(Br)CC(F)(F)F. The van der Waals surface area contributed by atoms with Crippen LogP contribution in [0.25, 0.3) is 0 Å². The van der Waals surface area contributed by atoms with Crippen LogP contribution in [0.15, 0.2) is 18.2 Å². The lowest BCUT2D eigenvalue weighted by atomic mass is 10.1. The maximum Gasteiger partial charge on any atom is 0.390 e. The highest BCUT2D eigenvalue weighted by molar-refractivity contribution is 9.10. The van der Waals surface area contributed by atoms with E-state index < -0.39 is 23.2 Å². The van der Waals surface area contributed by atoms with E-state index >= 15 is 0 Å². The Morgan fingerprint density at radius 1 is 1.29 bits per heavy atom. The van der Waals surface area contributed by atoms with Crippen LogP contribution >= 0.6 is 39.1 Å².